The van der Waals surface area contributed by atoms with Gasteiger partial charge in [-0.25, -0.2) is 4.79 Å². The van der Waals surface area contributed by atoms with E-state index in [0.29, 0.717) is 0 Å². The number of nitrogens with zero attached hydrogens (tertiary/aromatic N) is 1. The summed E-state index contributed by atoms with van der Waals surface area (Å²) in [7, 11) is 1.13. The minimum absolute atomic E-state index is 0.0303. The van der Waals surface area contributed by atoms with Crippen molar-refractivity contribution in [1.82, 2.24) is 4.98 Å². The van der Waals surface area contributed by atoms with Crippen LogP contribution in [-0.4, -0.2) is 24.2 Å². The van der Waals surface area contributed by atoms with Crippen molar-refractivity contribution in [2.75, 3.05) is 7.11 Å². The van der Waals surface area contributed by atoms with E-state index in [1.165, 1.54) is 18.3 Å². The van der Waals surface area contributed by atoms with E-state index in [4.69, 9.17) is 0 Å². The normalized spacial score (nSPS) is 17.6. The molecule has 0 radical (unpaired) electrons. The third kappa shape index (κ3) is 1.77. The summed E-state index contributed by atoms with van der Waals surface area (Å²) >= 11 is 0. The predicted octanol–water partition coefficient (Wildman–Crippen LogP) is 2.46. The average molecular weight is 245 g/mol. The first-order valence-corrected chi connectivity index (χ1v) is 5.03. The fourth-order valence-electron chi connectivity index (χ4n) is 1.84. The molecule has 1 aromatic rings. The molecular formula is C11H10F3NO2. The zero-order valence-electron chi connectivity index (χ0n) is 9.04. The summed E-state index contributed by atoms with van der Waals surface area (Å²) in [6, 6.07) is 2.72. The number of hydrogen-bond donors (Lipinski definition) is 0. The zero-order valence-corrected chi connectivity index (χ0v) is 9.04. The highest BCUT2D eigenvalue weighted by molar-refractivity contribution is 5.91. The van der Waals surface area contributed by atoms with E-state index in [2.05, 4.69) is 9.72 Å². The fraction of sp³-hybridized carbons (Fsp3) is 0.455. The SMILES string of the molecule is COC(=O)c1cccnc1C1(C(F)(F)F)CC1. The number of halogens is 3. The van der Waals surface area contributed by atoms with Gasteiger partial charge in [-0.1, -0.05) is 0 Å². The first-order valence-electron chi connectivity index (χ1n) is 5.03. The number of methoxy groups -OCH3 is 1. The number of pyridine rings is 1. The number of alkyl halides is 3. The number of ether oxygens (including phenoxy) is 1. The van der Waals surface area contributed by atoms with E-state index in [9.17, 15) is 18.0 Å². The van der Waals surface area contributed by atoms with Gasteiger partial charge in [-0.2, -0.15) is 13.2 Å². The molecule has 0 unspecified atom stereocenters. The molecule has 0 bridgehead atoms. The van der Waals surface area contributed by atoms with Crippen LogP contribution in [0.2, 0.25) is 0 Å². The average Bonchev–Trinajstić information content (AvgIpc) is 3.08. The van der Waals surface area contributed by atoms with Crippen LogP contribution in [0.25, 0.3) is 0 Å². The van der Waals surface area contributed by atoms with Gasteiger partial charge in [-0.15, -0.1) is 0 Å². The Morgan fingerprint density at radius 3 is 2.59 bits per heavy atom. The Hall–Kier alpha value is -1.59. The van der Waals surface area contributed by atoms with Gasteiger partial charge in [0.2, 0.25) is 0 Å². The second-order valence-corrected chi connectivity index (χ2v) is 3.97. The lowest BCUT2D eigenvalue weighted by atomic mass is 9.96. The summed E-state index contributed by atoms with van der Waals surface area (Å²) in [6.07, 6.45) is -3.19. The predicted molar refractivity (Wildman–Crippen MR) is 52.5 cm³/mol. The van der Waals surface area contributed by atoms with Crippen molar-refractivity contribution in [3.05, 3.63) is 29.6 Å². The topological polar surface area (TPSA) is 39.2 Å². The summed E-state index contributed by atoms with van der Waals surface area (Å²) < 4.78 is 43.3. The molecule has 1 aliphatic carbocycles. The third-order valence-corrected chi connectivity index (χ3v) is 2.96. The number of aromatic nitrogens is 1. The van der Waals surface area contributed by atoms with Gasteiger partial charge >= 0.3 is 12.1 Å². The van der Waals surface area contributed by atoms with Gasteiger partial charge in [0.05, 0.1) is 18.4 Å². The van der Waals surface area contributed by atoms with Crippen molar-refractivity contribution < 1.29 is 22.7 Å². The summed E-state index contributed by atoms with van der Waals surface area (Å²) in [5.74, 6) is -0.788. The van der Waals surface area contributed by atoms with Crippen molar-refractivity contribution >= 4 is 5.97 Å². The second-order valence-electron chi connectivity index (χ2n) is 3.97. The van der Waals surface area contributed by atoms with Crippen LogP contribution < -0.4 is 0 Å². The number of carbonyl (C=O) groups excluding carboxylic acids is 1. The zero-order chi connectivity index (χ0) is 12.7. The smallest absolute Gasteiger partial charge is 0.399 e. The van der Waals surface area contributed by atoms with E-state index in [-0.39, 0.29) is 24.1 Å². The largest absolute Gasteiger partial charge is 0.465 e. The van der Waals surface area contributed by atoms with Gasteiger partial charge in [0.25, 0.3) is 0 Å². The summed E-state index contributed by atoms with van der Waals surface area (Å²) in [4.78, 5) is 15.1. The number of esters is 1. The molecule has 6 heteroatoms. The Morgan fingerprint density at radius 2 is 2.12 bits per heavy atom. The Bertz CT molecular complexity index is 452. The molecule has 0 spiro atoms. The Kier molecular flexibility index (Phi) is 2.60. The lowest BCUT2D eigenvalue weighted by molar-refractivity contribution is -0.161. The van der Waals surface area contributed by atoms with Gasteiger partial charge < -0.3 is 4.74 Å². The van der Waals surface area contributed by atoms with Crippen molar-refractivity contribution in [2.24, 2.45) is 0 Å². The van der Waals surface area contributed by atoms with Crippen molar-refractivity contribution in [3.63, 3.8) is 0 Å². The molecule has 0 aliphatic heterocycles. The Balaban J connectivity index is 2.50. The third-order valence-electron chi connectivity index (χ3n) is 2.96. The molecule has 3 nitrogen and oxygen atoms in total. The number of rotatable bonds is 2. The van der Waals surface area contributed by atoms with Crippen LogP contribution in [0.5, 0.6) is 0 Å². The van der Waals surface area contributed by atoms with Crippen LogP contribution in [0.1, 0.15) is 28.9 Å². The molecule has 1 heterocycles. The maximum absolute atomic E-state index is 12.9. The highest BCUT2D eigenvalue weighted by Crippen LogP contribution is 2.58. The molecule has 1 aliphatic rings. The van der Waals surface area contributed by atoms with Crippen molar-refractivity contribution in [2.45, 2.75) is 24.4 Å². The Labute approximate surface area is 95.6 Å². The monoisotopic (exact) mass is 245 g/mol. The number of carbonyl (C=O) groups is 1. The summed E-state index contributed by atoms with van der Waals surface area (Å²) in [5, 5.41) is 0. The molecule has 0 aromatic carbocycles. The molecule has 1 saturated carbocycles. The van der Waals surface area contributed by atoms with Crippen LogP contribution in [0, 0.1) is 0 Å². The van der Waals surface area contributed by atoms with Gasteiger partial charge in [-0.05, 0) is 25.0 Å². The lowest BCUT2D eigenvalue weighted by Crippen LogP contribution is -2.31. The van der Waals surface area contributed by atoms with Crippen LogP contribution in [0.15, 0.2) is 18.3 Å². The molecular weight excluding hydrogens is 235 g/mol. The summed E-state index contributed by atoms with van der Waals surface area (Å²) in [6.45, 7) is 0. The van der Waals surface area contributed by atoms with Crippen molar-refractivity contribution in [3.8, 4) is 0 Å². The van der Waals surface area contributed by atoms with E-state index in [0.717, 1.165) is 7.11 Å². The number of hydrogen-bond acceptors (Lipinski definition) is 3. The maximum Gasteiger partial charge on any atom is 0.399 e. The molecule has 92 valence electrons. The van der Waals surface area contributed by atoms with Crippen LogP contribution in [-0.2, 0) is 10.2 Å². The van der Waals surface area contributed by atoms with Gasteiger partial charge in [0.1, 0.15) is 5.41 Å². The quantitative estimate of drug-likeness (QED) is 0.751. The molecule has 0 atom stereocenters. The molecule has 0 saturated heterocycles. The van der Waals surface area contributed by atoms with Gasteiger partial charge in [0, 0.05) is 6.20 Å². The van der Waals surface area contributed by atoms with Crippen LogP contribution in [0.4, 0.5) is 13.2 Å². The molecule has 0 amide bonds. The molecule has 17 heavy (non-hydrogen) atoms. The minimum atomic E-state index is -4.38. The molecule has 2 rings (SSSR count). The standard InChI is InChI=1S/C11H10F3NO2/c1-17-9(16)7-3-2-6-15-8(7)10(4-5-10)11(12,13)14/h2-3,6H,4-5H2,1H3. The first-order chi connectivity index (χ1) is 7.92. The molecule has 1 aromatic heterocycles. The van der Waals surface area contributed by atoms with Gasteiger partial charge in [-0.3, -0.25) is 4.98 Å². The van der Waals surface area contributed by atoms with E-state index >= 15 is 0 Å². The van der Waals surface area contributed by atoms with Crippen LogP contribution >= 0.6 is 0 Å². The van der Waals surface area contributed by atoms with E-state index in [1.807, 2.05) is 0 Å². The molecule has 1 fully saturated rings. The second kappa shape index (κ2) is 3.72. The van der Waals surface area contributed by atoms with E-state index < -0.39 is 17.6 Å². The lowest BCUT2D eigenvalue weighted by Gasteiger charge is -2.20. The summed E-state index contributed by atoms with van der Waals surface area (Å²) in [5.41, 5.74) is -2.29. The Morgan fingerprint density at radius 1 is 1.47 bits per heavy atom. The molecule has 0 N–H and O–H groups in total. The maximum atomic E-state index is 12.9. The fourth-order valence-corrected chi connectivity index (χ4v) is 1.84. The highest BCUT2D eigenvalue weighted by Gasteiger charge is 2.66. The van der Waals surface area contributed by atoms with Gasteiger partial charge in [0.15, 0.2) is 0 Å². The van der Waals surface area contributed by atoms with Crippen molar-refractivity contribution in [1.29, 1.82) is 0 Å². The van der Waals surface area contributed by atoms with E-state index in [1.54, 1.807) is 0 Å². The first kappa shape index (κ1) is 11.9. The van der Waals surface area contributed by atoms with Crippen LogP contribution in [0.3, 0.4) is 0 Å². The minimum Gasteiger partial charge on any atom is -0.465 e. The highest BCUT2D eigenvalue weighted by atomic mass is 19.4.